The van der Waals surface area contributed by atoms with Crippen molar-refractivity contribution in [3.05, 3.63) is 28.8 Å². The number of nitrogens with one attached hydrogen (secondary N) is 1. The van der Waals surface area contributed by atoms with Crippen LogP contribution in [0.25, 0.3) is 0 Å². The van der Waals surface area contributed by atoms with Gasteiger partial charge in [0.15, 0.2) is 0 Å². The normalized spacial score (nSPS) is 16.1. The second kappa shape index (κ2) is 6.72. The Bertz CT molecular complexity index is 459. The number of aryl methyl sites for hydroxylation is 2. The van der Waals surface area contributed by atoms with Crippen molar-refractivity contribution < 1.29 is 14.6 Å². The van der Waals surface area contributed by atoms with Crippen LogP contribution in [0.5, 0.6) is 5.75 Å². The Morgan fingerprint density at radius 1 is 1.30 bits per heavy atom. The molecule has 20 heavy (non-hydrogen) atoms. The Labute approximate surface area is 119 Å². The van der Waals surface area contributed by atoms with Crippen molar-refractivity contribution >= 4 is 5.91 Å². The Balaban J connectivity index is 1.83. The van der Waals surface area contributed by atoms with Crippen molar-refractivity contribution in [2.75, 3.05) is 32.8 Å². The Hall–Kier alpha value is -1.59. The lowest BCUT2D eigenvalue weighted by Crippen LogP contribution is -2.43. The van der Waals surface area contributed by atoms with Crippen molar-refractivity contribution in [3.63, 3.8) is 0 Å². The van der Waals surface area contributed by atoms with Crippen LogP contribution in [-0.4, -0.2) is 48.8 Å². The fourth-order valence-electron chi connectivity index (χ4n) is 2.37. The first-order valence-corrected chi connectivity index (χ1v) is 6.92. The predicted octanol–water partition coefficient (Wildman–Crippen LogP) is 0.957. The second-order valence-electron chi connectivity index (χ2n) is 5.24. The van der Waals surface area contributed by atoms with Crippen LogP contribution in [-0.2, 0) is 16.1 Å². The second-order valence-corrected chi connectivity index (χ2v) is 5.24. The standard InChI is InChI=1S/C15H22N2O3/c1-11-7-13(8-12(2)15(11)19)9-16-14(18)10-17-3-5-20-6-4-17/h7-8,19H,3-6,9-10H2,1-2H3,(H,16,18). The minimum Gasteiger partial charge on any atom is -0.507 e. The number of amides is 1. The van der Waals surface area contributed by atoms with Gasteiger partial charge in [-0.1, -0.05) is 12.1 Å². The lowest BCUT2D eigenvalue weighted by Gasteiger charge is -2.25. The number of ether oxygens (including phenoxy) is 1. The maximum atomic E-state index is 11.9. The van der Waals surface area contributed by atoms with Crippen molar-refractivity contribution in [2.24, 2.45) is 0 Å². The van der Waals surface area contributed by atoms with Crippen molar-refractivity contribution in [3.8, 4) is 5.75 Å². The van der Waals surface area contributed by atoms with Crippen LogP contribution in [0.3, 0.4) is 0 Å². The Morgan fingerprint density at radius 3 is 2.50 bits per heavy atom. The zero-order valence-electron chi connectivity index (χ0n) is 12.1. The van der Waals surface area contributed by atoms with Gasteiger partial charge in [-0.25, -0.2) is 0 Å². The molecule has 1 aromatic rings. The zero-order valence-corrected chi connectivity index (χ0v) is 12.1. The molecule has 1 heterocycles. The summed E-state index contributed by atoms with van der Waals surface area (Å²) in [5.74, 6) is 0.351. The van der Waals surface area contributed by atoms with Gasteiger partial charge in [-0.05, 0) is 30.5 Å². The van der Waals surface area contributed by atoms with Gasteiger partial charge in [0.2, 0.25) is 5.91 Å². The number of carbonyl (C=O) groups is 1. The number of hydrogen-bond donors (Lipinski definition) is 2. The molecule has 1 amide bonds. The number of aromatic hydroxyl groups is 1. The molecule has 0 bridgehead atoms. The number of hydrogen-bond acceptors (Lipinski definition) is 4. The van der Waals surface area contributed by atoms with Crippen LogP contribution >= 0.6 is 0 Å². The molecule has 1 saturated heterocycles. The summed E-state index contributed by atoms with van der Waals surface area (Å²) in [5, 5.41) is 12.6. The first-order chi connectivity index (χ1) is 9.56. The summed E-state index contributed by atoms with van der Waals surface area (Å²) in [6.07, 6.45) is 0. The summed E-state index contributed by atoms with van der Waals surface area (Å²) in [6, 6.07) is 3.80. The molecule has 0 radical (unpaired) electrons. The molecule has 0 aliphatic carbocycles. The quantitative estimate of drug-likeness (QED) is 0.861. The van der Waals surface area contributed by atoms with Crippen molar-refractivity contribution in [2.45, 2.75) is 20.4 Å². The highest BCUT2D eigenvalue weighted by atomic mass is 16.5. The van der Waals surface area contributed by atoms with Gasteiger partial charge < -0.3 is 15.2 Å². The number of morpholine rings is 1. The molecule has 2 N–H and O–H groups in total. The largest absolute Gasteiger partial charge is 0.507 e. The van der Waals surface area contributed by atoms with Crippen LogP contribution in [0, 0.1) is 13.8 Å². The summed E-state index contributed by atoms with van der Waals surface area (Å²) in [7, 11) is 0. The molecule has 0 unspecified atom stereocenters. The van der Waals surface area contributed by atoms with Gasteiger partial charge in [0, 0.05) is 19.6 Å². The molecule has 0 atom stereocenters. The van der Waals surface area contributed by atoms with Gasteiger partial charge in [-0.15, -0.1) is 0 Å². The summed E-state index contributed by atoms with van der Waals surface area (Å²) >= 11 is 0. The molecule has 5 nitrogen and oxygen atoms in total. The molecule has 110 valence electrons. The van der Waals surface area contributed by atoms with E-state index in [0.29, 0.717) is 32.1 Å². The minimum absolute atomic E-state index is 0.0234. The monoisotopic (exact) mass is 278 g/mol. The van der Waals surface area contributed by atoms with E-state index in [9.17, 15) is 9.90 Å². The lowest BCUT2D eigenvalue weighted by atomic mass is 10.1. The molecule has 0 spiro atoms. The van der Waals surface area contributed by atoms with E-state index < -0.39 is 0 Å². The van der Waals surface area contributed by atoms with Crippen molar-refractivity contribution in [1.29, 1.82) is 0 Å². The summed E-state index contributed by atoms with van der Waals surface area (Å²) in [4.78, 5) is 14.0. The molecular formula is C15H22N2O3. The highest BCUT2D eigenvalue weighted by Crippen LogP contribution is 2.22. The first-order valence-electron chi connectivity index (χ1n) is 6.92. The van der Waals surface area contributed by atoms with E-state index in [-0.39, 0.29) is 5.91 Å². The Kier molecular flexibility index (Phi) is 4.98. The fourth-order valence-corrected chi connectivity index (χ4v) is 2.37. The molecule has 2 rings (SSSR count). The number of phenols is 1. The average molecular weight is 278 g/mol. The first kappa shape index (κ1) is 14.8. The van der Waals surface area contributed by atoms with Crippen LogP contribution in [0.15, 0.2) is 12.1 Å². The molecule has 5 heteroatoms. The van der Waals surface area contributed by atoms with Gasteiger partial charge in [0.25, 0.3) is 0 Å². The topological polar surface area (TPSA) is 61.8 Å². The molecular weight excluding hydrogens is 256 g/mol. The van der Waals surface area contributed by atoms with E-state index in [1.807, 2.05) is 26.0 Å². The van der Waals surface area contributed by atoms with Gasteiger partial charge >= 0.3 is 0 Å². The number of benzene rings is 1. The number of phenolic OH excluding ortho intramolecular Hbond substituents is 1. The fraction of sp³-hybridized carbons (Fsp3) is 0.533. The minimum atomic E-state index is 0.0234. The third-order valence-corrected chi connectivity index (χ3v) is 3.51. The predicted molar refractivity (Wildman–Crippen MR) is 76.7 cm³/mol. The highest BCUT2D eigenvalue weighted by molar-refractivity contribution is 5.78. The van der Waals surface area contributed by atoms with Gasteiger partial charge in [0.1, 0.15) is 5.75 Å². The van der Waals surface area contributed by atoms with Crippen LogP contribution in [0.4, 0.5) is 0 Å². The SMILES string of the molecule is Cc1cc(CNC(=O)CN2CCOCC2)cc(C)c1O. The molecule has 1 aromatic carbocycles. The average Bonchev–Trinajstić information content (AvgIpc) is 2.43. The Morgan fingerprint density at radius 2 is 1.90 bits per heavy atom. The molecule has 1 fully saturated rings. The number of carbonyl (C=O) groups excluding carboxylic acids is 1. The van der Waals surface area contributed by atoms with Gasteiger partial charge in [-0.2, -0.15) is 0 Å². The van der Waals surface area contributed by atoms with Crippen molar-refractivity contribution in [1.82, 2.24) is 10.2 Å². The third-order valence-electron chi connectivity index (χ3n) is 3.51. The number of rotatable bonds is 4. The third kappa shape index (κ3) is 3.95. The molecule has 1 aliphatic rings. The summed E-state index contributed by atoms with van der Waals surface area (Å²) in [6.45, 7) is 7.65. The van der Waals surface area contributed by atoms with E-state index in [1.54, 1.807) is 0 Å². The van der Waals surface area contributed by atoms with E-state index >= 15 is 0 Å². The molecule has 0 aromatic heterocycles. The number of nitrogens with zero attached hydrogens (tertiary/aromatic N) is 1. The van der Waals surface area contributed by atoms with Gasteiger partial charge in [-0.3, -0.25) is 9.69 Å². The molecule has 1 aliphatic heterocycles. The maximum absolute atomic E-state index is 11.9. The van der Waals surface area contributed by atoms with E-state index in [1.165, 1.54) is 0 Å². The smallest absolute Gasteiger partial charge is 0.234 e. The summed E-state index contributed by atoms with van der Waals surface area (Å²) < 4.78 is 5.25. The van der Waals surface area contributed by atoms with Crippen LogP contribution in [0.1, 0.15) is 16.7 Å². The lowest BCUT2D eigenvalue weighted by molar-refractivity contribution is -0.123. The van der Waals surface area contributed by atoms with Gasteiger partial charge in [0.05, 0.1) is 19.8 Å². The van der Waals surface area contributed by atoms with E-state index in [4.69, 9.17) is 4.74 Å². The molecule has 0 saturated carbocycles. The van der Waals surface area contributed by atoms with E-state index in [0.717, 1.165) is 29.8 Å². The van der Waals surface area contributed by atoms with E-state index in [2.05, 4.69) is 10.2 Å². The summed E-state index contributed by atoms with van der Waals surface area (Å²) in [5.41, 5.74) is 2.68. The van der Waals surface area contributed by atoms with Crippen LogP contribution < -0.4 is 5.32 Å². The maximum Gasteiger partial charge on any atom is 0.234 e. The highest BCUT2D eigenvalue weighted by Gasteiger charge is 2.14. The zero-order chi connectivity index (χ0) is 14.5. The van der Waals surface area contributed by atoms with Crippen LogP contribution in [0.2, 0.25) is 0 Å².